The van der Waals surface area contributed by atoms with Crippen LogP contribution in [0.5, 0.6) is 0 Å². The van der Waals surface area contributed by atoms with Gasteiger partial charge in [-0.15, -0.1) is 0 Å². The van der Waals surface area contributed by atoms with Crippen LogP contribution >= 0.6 is 0 Å². The van der Waals surface area contributed by atoms with E-state index in [1.54, 1.807) is 0 Å². The molecule has 0 radical (unpaired) electrons. The molecule has 0 fully saturated rings. The van der Waals surface area contributed by atoms with Crippen molar-refractivity contribution >= 4 is 11.0 Å². The number of nitrogens with one attached hydrogen (secondary N) is 1. The quantitative estimate of drug-likeness (QED) is 0.800. The molecule has 20 heavy (non-hydrogen) atoms. The maximum atomic E-state index is 5.95. The smallest absolute Gasteiger partial charge is 0.135 e. The highest BCUT2D eigenvalue weighted by Gasteiger charge is 2.16. The Bertz CT molecular complexity index is 552. The summed E-state index contributed by atoms with van der Waals surface area (Å²) in [6.45, 7) is 10.7. The molecule has 3 nitrogen and oxygen atoms in total. The van der Waals surface area contributed by atoms with Gasteiger partial charge in [0, 0.05) is 29.6 Å². The van der Waals surface area contributed by atoms with Gasteiger partial charge in [0.05, 0.1) is 0 Å². The van der Waals surface area contributed by atoms with Gasteiger partial charge in [-0.05, 0) is 33.3 Å². The Labute approximate surface area is 121 Å². The zero-order valence-corrected chi connectivity index (χ0v) is 13.0. The van der Waals surface area contributed by atoms with E-state index < -0.39 is 0 Å². The van der Waals surface area contributed by atoms with Gasteiger partial charge >= 0.3 is 0 Å². The second-order valence-electron chi connectivity index (χ2n) is 6.16. The molecule has 0 aliphatic rings. The van der Waals surface area contributed by atoms with Crippen molar-refractivity contribution in [3.8, 4) is 0 Å². The third kappa shape index (κ3) is 3.84. The van der Waals surface area contributed by atoms with Gasteiger partial charge in [-0.25, -0.2) is 0 Å². The highest BCUT2D eigenvalue weighted by Crippen LogP contribution is 2.27. The Morgan fingerprint density at radius 2 is 1.95 bits per heavy atom. The van der Waals surface area contributed by atoms with Gasteiger partial charge in [0.1, 0.15) is 18.0 Å². The first-order valence-corrected chi connectivity index (χ1v) is 7.33. The number of fused-ring (bicyclic) bond motifs is 1. The van der Waals surface area contributed by atoms with Crippen molar-refractivity contribution in [2.75, 3.05) is 6.61 Å². The molecule has 1 N–H and O–H groups in total. The number of benzene rings is 1. The fourth-order valence-corrected chi connectivity index (χ4v) is 2.12. The van der Waals surface area contributed by atoms with Crippen molar-refractivity contribution in [2.45, 2.75) is 52.8 Å². The summed E-state index contributed by atoms with van der Waals surface area (Å²) in [5.41, 5.74) is 2.24. The van der Waals surface area contributed by atoms with Crippen LogP contribution in [0, 0.1) is 0 Å². The summed E-state index contributed by atoms with van der Waals surface area (Å²) in [5.74, 6) is 0.941. The molecular formula is C17H25NO2. The molecule has 0 saturated carbocycles. The number of hydrogen-bond donors (Lipinski definition) is 1. The lowest BCUT2D eigenvalue weighted by molar-refractivity contribution is 0.107. The van der Waals surface area contributed by atoms with Crippen molar-refractivity contribution in [2.24, 2.45) is 0 Å². The average molecular weight is 275 g/mol. The molecule has 1 aromatic carbocycles. The molecule has 0 aliphatic heterocycles. The van der Waals surface area contributed by atoms with Crippen LogP contribution < -0.4 is 5.32 Å². The zero-order valence-electron chi connectivity index (χ0n) is 13.0. The third-order valence-corrected chi connectivity index (χ3v) is 3.16. The zero-order chi connectivity index (χ0) is 14.6. The summed E-state index contributed by atoms with van der Waals surface area (Å²) in [6, 6.07) is 8.18. The van der Waals surface area contributed by atoms with Gasteiger partial charge in [0.2, 0.25) is 0 Å². The van der Waals surface area contributed by atoms with Crippen molar-refractivity contribution in [3.63, 3.8) is 0 Å². The maximum Gasteiger partial charge on any atom is 0.135 e. The van der Waals surface area contributed by atoms with Crippen molar-refractivity contribution < 1.29 is 9.15 Å². The van der Waals surface area contributed by atoms with E-state index in [9.17, 15) is 0 Å². The number of furan rings is 1. The van der Waals surface area contributed by atoms with Crippen LogP contribution in [0.3, 0.4) is 0 Å². The molecule has 1 aromatic heterocycles. The predicted octanol–water partition coefficient (Wildman–Crippen LogP) is 4.25. The number of hydrogen-bond acceptors (Lipinski definition) is 3. The fourth-order valence-electron chi connectivity index (χ4n) is 2.12. The number of rotatable bonds is 6. The van der Waals surface area contributed by atoms with E-state index in [4.69, 9.17) is 9.15 Å². The van der Waals surface area contributed by atoms with E-state index in [2.05, 4.69) is 45.1 Å². The predicted molar refractivity (Wildman–Crippen MR) is 82.8 cm³/mol. The Morgan fingerprint density at radius 1 is 1.20 bits per heavy atom. The maximum absolute atomic E-state index is 5.95. The largest absolute Gasteiger partial charge is 0.458 e. The van der Waals surface area contributed by atoms with Gasteiger partial charge in [-0.2, -0.15) is 0 Å². The molecule has 0 amide bonds. The number of para-hydroxylation sites is 1. The van der Waals surface area contributed by atoms with Gasteiger partial charge < -0.3 is 14.5 Å². The summed E-state index contributed by atoms with van der Waals surface area (Å²) in [4.78, 5) is 0. The second-order valence-corrected chi connectivity index (χ2v) is 6.16. The van der Waals surface area contributed by atoms with Crippen LogP contribution in [0.1, 0.15) is 45.4 Å². The molecule has 2 aromatic rings. The van der Waals surface area contributed by atoms with E-state index in [0.29, 0.717) is 6.61 Å². The van der Waals surface area contributed by atoms with Crippen LogP contribution in [0.25, 0.3) is 11.0 Å². The van der Waals surface area contributed by atoms with Crippen LogP contribution in [0.2, 0.25) is 0 Å². The topological polar surface area (TPSA) is 34.4 Å². The summed E-state index contributed by atoms with van der Waals surface area (Å²) >= 11 is 0. The fraction of sp³-hybridized carbons (Fsp3) is 0.529. The lowest BCUT2D eigenvalue weighted by atomic mass is 10.1. The molecule has 3 heteroatoms. The summed E-state index contributed by atoms with van der Waals surface area (Å²) < 4.78 is 11.6. The lowest BCUT2D eigenvalue weighted by Gasteiger charge is -2.20. The normalized spacial score (nSPS) is 12.2. The third-order valence-electron chi connectivity index (χ3n) is 3.16. The highest BCUT2D eigenvalue weighted by atomic mass is 16.5. The van der Waals surface area contributed by atoms with E-state index in [1.165, 1.54) is 10.9 Å². The molecule has 0 aliphatic carbocycles. The van der Waals surface area contributed by atoms with E-state index >= 15 is 0 Å². The first kappa shape index (κ1) is 15.1. The lowest BCUT2D eigenvalue weighted by Crippen LogP contribution is -2.35. The van der Waals surface area contributed by atoms with Gasteiger partial charge in [0.25, 0.3) is 0 Å². The van der Waals surface area contributed by atoms with Gasteiger partial charge in [-0.1, -0.05) is 25.1 Å². The Hall–Kier alpha value is -1.32. The first-order chi connectivity index (χ1) is 9.51. The van der Waals surface area contributed by atoms with Crippen molar-refractivity contribution in [3.05, 3.63) is 35.6 Å². The van der Waals surface area contributed by atoms with Crippen LogP contribution in [-0.4, -0.2) is 12.1 Å². The van der Waals surface area contributed by atoms with Crippen LogP contribution in [0.4, 0.5) is 0 Å². The molecular weight excluding hydrogens is 250 g/mol. The minimum atomic E-state index is 0.0833. The molecule has 110 valence electrons. The van der Waals surface area contributed by atoms with Crippen LogP contribution in [-0.2, 0) is 17.9 Å². The van der Waals surface area contributed by atoms with Crippen molar-refractivity contribution in [1.29, 1.82) is 0 Å². The van der Waals surface area contributed by atoms with E-state index in [0.717, 1.165) is 30.9 Å². The molecule has 0 saturated heterocycles. The minimum absolute atomic E-state index is 0.0833. The minimum Gasteiger partial charge on any atom is -0.458 e. The number of ether oxygens (including phenoxy) is 1. The average Bonchev–Trinajstić information content (AvgIpc) is 2.73. The van der Waals surface area contributed by atoms with E-state index in [1.807, 2.05) is 12.1 Å². The molecule has 0 atom stereocenters. The summed E-state index contributed by atoms with van der Waals surface area (Å²) in [7, 11) is 0. The van der Waals surface area contributed by atoms with Gasteiger partial charge in [0.15, 0.2) is 0 Å². The first-order valence-electron chi connectivity index (χ1n) is 7.33. The molecule has 0 spiro atoms. The molecule has 0 unspecified atom stereocenters. The van der Waals surface area contributed by atoms with Crippen LogP contribution in [0.15, 0.2) is 28.7 Å². The van der Waals surface area contributed by atoms with Gasteiger partial charge in [-0.3, -0.25) is 0 Å². The Balaban J connectivity index is 2.24. The Morgan fingerprint density at radius 3 is 2.65 bits per heavy atom. The monoisotopic (exact) mass is 275 g/mol. The van der Waals surface area contributed by atoms with Crippen molar-refractivity contribution in [1.82, 2.24) is 5.32 Å². The SMILES string of the molecule is CCCOCc1oc2ccccc2c1CNC(C)(C)C. The molecule has 0 bridgehead atoms. The standard InChI is InChI=1S/C17H25NO2/c1-5-10-19-12-16-14(11-18-17(2,3)4)13-8-6-7-9-15(13)20-16/h6-9,18H,5,10-12H2,1-4H3. The Kier molecular flexibility index (Phi) is 4.84. The molecule has 2 rings (SSSR count). The second kappa shape index (κ2) is 6.42. The summed E-state index contributed by atoms with van der Waals surface area (Å²) in [6.07, 6.45) is 1.02. The summed E-state index contributed by atoms with van der Waals surface area (Å²) in [5, 5.41) is 4.71. The van der Waals surface area contributed by atoms with E-state index in [-0.39, 0.29) is 5.54 Å². The molecule has 1 heterocycles. The highest BCUT2D eigenvalue weighted by molar-refractivity contribution is 5.82.